The molecule has 0 aromatic carbocycles. The predicted molar refractivity (Wildman–Crippen MR) is 62.4 cm³/mol. The van der Waals surface area contributed by atoms with E-state index in [0.717, 1.165) is 50.8 Å². The van der Waals surface area contributed by atoms with E-state index in [-0.39, 0.29) is 0 Å². The van der Waals surface area contributed by atoms with Crippen molar-refractivity contribution in [3.63, 3.8) is 0 Å². The van der Waals surface area contributed by atoms with Crippen LogP contribution in [-0.4, -0.2) is 43.4 Å². The molecule has 5 heteroatoms. The third-order valence-corrected chi connectivity index (χ3v) is 2.17. The Bertz CT molecular complexity index is 276. The number of methoxy groups -OCH3 is 1. The molecule has 0 amide bonds. The van der Waals surface area contributed by atoms with E-state index in [2.05, 4.69) is 15.3 Å². The molecule has 1 aromatic rings. The first-order chi connectivity index (χ1) is 7.86. The minimum Gasteiger partial charge on any atom is -0.383 e. The second kappa shape index (κ2) is 8.27. The van der Waals surface area contributed by atoms with Crippen LogP contribution in [0.3, 0.4) is 0 Å². The highest BCUT2D eigenvalue weighted by Gasteiger charge is 2.00. The lowest BCUT2D eigenvalue weighted by Crippen LogP contribution is -2.18. The summed E-state index contributed by atoms with van der Waals surface area (Å²) in [6, 6.07) is 0. The van der Waals surface area contributed by atoms with Gasteiger partial charge in [-0.1, -0.05) is 0 Å². The third kappa shape index (κ3) is 5.25. The Morgan fingerprint density at radius 3 is 3.06 bits per heavy atom. The Labute approximate surface area is 96.6 Å². The smallest absolute Gasteiger partial charge is 0.108 e. The molecule has 1 aromatic heterocycles. The molecular weight excluding hydrogens is 206 g/mol. The number of hydrogen-bond donors (Lipinski definition) is 2. The van der Waals surface area contributed by atoms with Gasteiger partial charge in [0.15, 0.2) is 0 Å². The fraction of sp³-hybridized carbons (Fsp3) is 0.727. The monoisotopic (exact) mass is 227 g/mol. The number of nitrogens with one attached hydrogen (secondary N) is 2. The van der Waals surface area contributed by atoms with E-state index in [1.54, 1.807) is 7.11 Å². The van der Waals surface area contributed by atoms with Crippen LogP contribution >= 0.6 is 0 Å². The van der Waals surface area contributed by atoms with Crippen LogP contribution in [0.5, 0.6) is 0 Å². The number of rotatable bonds is 9. The Morgan fingerprint density at radius 1 is 1.44 bits per heavy atom. The molecule has 1 rings (SSSR count). The van der Waals surface area contributed by atoms with Crippen molar-refractivity contribution in [3.8, 4) is 0 Å². The van der Waals surface area contributed by atoms with Crippen molar-refractivity contribution in [1.29, 1.82) is 0 Å². The minimum atomic E-state index is 0.723. The molecule has 0 saturated heterocycles. The summed E-state index contributed by atoms with van der Waals surface area (Å²) in [6.45, 7) is 5.85. The molecule has 2 N–H and O–H groups in total. The van der Waals surface area contributed by atoms with E-state index in [4.69, 9.17) is 9.47 Å². The zero-order valence-corrected chi connectivity index (χ0v) is 10.1. The normalized spacial score (nSPS) is 10.9. The van der Waals surface area contributed by atoms with Crippen molar-refractivity contribution in [2.45, 2.75) is 19.9 Å². The van der Waals surface area contributed by atoms with Crippen LogP contribution in [0.1, 0.15) is 18.4 Å². The van der Waals surface area contributed by atoms with Gasteiger partial charge >= 0.3 is 0 Å². The van der Waals surface area contributed by atoms with Crippen LogP contribution < -0.4 is 5.32 Å². The summed E-state index contributed by atoms with van der Waals surface area (Å²) in [5.74, 6) is 0.983. The molecule has 0 aliphatic rings. The summed E-state index contributed by atoms with van der Waals surface area (Å²) in [5, 5.41) is 3.26. The average molecular weight is 227 g/mol. The van der Waals surface area contributed by atoms with Crippen LogP contribution in [-0.2, 0) is 22.4 Å². The van der Waals surface area contributed by atoms with Gasteiger partial charge in [0.2, 0.25) is 0 Å². The number of H-pyrrole nitrogens is 1. The molecule has 0 atom stereocenters. The lowest BCUT2D eigenvalue weighted by atomic mass is 10.4. The summed E-state index contributed by atoms with van der Waals surface area (Å²) in [7, 11) is 1.70. The van der Waals surface area contributed by atoms with E-state index < -0.39 is 0 Å². The summed E-state index contributed by atoms with van der Waals surface area (Å²) in [5.41, 5.74) is 1.10. The van der Waals surface area contributed by atoms with Crippen molar-refractivity contribution in [2.75, 3.05) is 33.5 Å². The van der Waals surface area contributed by atoms with Gasteiger partial charge in [0.05, 0.1) is 13.2 Å². The van der Waals surface area contributed by atoms with Crippen molar-refractivity contribution in [3.05, 3.63) is 17.7 Å². The SMILES string of the molecule is CCOCCc1ncc(CNCCOC)[nH]1. The maximum atomic E-state index is 5.27. The van der Waals surface area contributed by atoms with Gasteiger partial charge in [-0.05, 0) is 6.92 Å². The van der Waals surface area contributed by atoms with Gasteiger partial charge in [-0.3, -0.25) is 0 Å². The minimum absolute atomic E-state index is 0.723. The quantitative estimate of drug-likeness (QED) is 0.610. The number of aromatic nitrogens is 2. The van der Waals surface area contributed by atoms with Gasteiger partial charge in [-0.2, -0.15) is 0 Å². The maximum Gasteiger partial charge on any atom is 0.108 e. The molecule has 0 saturated carbocycles. The highest BCUT2D eigenvalue weighted by molar-refractivity contribution is 5.01. The molecule has 0 aliphatic carbocycles. The van der Waals surface area contributed by atoms with Gasteiger partial charge in [-0.15, -0.1) is 0 Å². The Kier molecular flexibility index (Phi) is 6.80. The fourth-order valence-corrected chi connectivity index (χ4v) is 1.33. The van der Waals surface area contributed by atoms with Crippen LogP contribution in [0.15, 0.2) is 6.20 Å². The molecule has 0 fully saturated rings. The number of nitrogens with zero attached hydrogens (tertiary/aromatic N) is 1. The fourth-order valence-electron chi connectivity index (χ4n) is 1.33. The van der Waals surface area contributed by atoms with E-state index in [0.29, 0.717) is 0 Å². The van der Waals surface area contributed by atoms with Crippen LogP contribution in [0.4, 0.5) is 0 Å². The molecule has 0 spiro atoms. The third-order valence-electron chi connectivity index (χ3n) is 2.17. The summed E-state index contributed by atoms with van der Waals surface area (Å²) in [4.78, 5) is 7.53. The van der Waals surface area contributed by atoms with Gasteiger partial charge in [0, 0.05) is 45.1 Å². The molecule has 0 radical (unpaired) electrons. The highest BCUT2D eigenvalue weighted by atomic mass is 16.5. The first kappa shape index (κ1) is 13.2. The zero-order valence-electron chi connectivity index (χ0n) is 10.1. The van der Waals surface area contributed by atoms with E-state index in [9.17, 15) is 0 Å². The highest BCUT2D eigenvalue weighted by Crippen LogP contribution is 1.98. The largest absolute Gasteiger partial charge is 0.383 e. The molecule has 5 nitrogen and oxygen atoms in total. The number of aromatic amines is 1. The van der Waals surface area contributed by atoms with Gasteiger partial charge in [0.1, 0.15) is 5.82 Å². The summed E-state index contributed by atoms with van der Waals surface area (Å²) >= 11 is 0. The maximum absolute atomic E-state index is 5.27. The number of ether oxygens (including phenoxy) is 2. The van der Waals surface area contributed by atoms with Crippen molar-refractivity contribution in [1.82, 2.24) is 15.3 Å². The predicted octanol–water partition coefficient (Wildman–Crippen LogP) is 0.725. The van der Waals surface area contributed by atoms with Crippen molar-refractivity contribution < 1.29 is 9.47 Å². The summed E-state index contributed by atoms with van der Waals surface area (Å²) in [6.07, 6.45) is 2.70. The van der Waals surface area contributed by atoms with Crippen LogP contribution in [0.25, 0.3) is 0 Å². The first-order valence-electron chi connectivity index (χ1n) is 5.67. The van der Waals surface area contributed by atoms with E-state index in [1.807, 2.05) is 13.1 Å². The topological polar surface area (TPSA) is 59.2 Å². The molecular formula is C11H21N3O2. The zero-order chi connectivity index (χ0) is 11.6. The van der Waals surface area contributed by atoms with E-state index in [1.165, 1.54) is 0 Å². The van der Waals surface area contributed by atoms with Gasteiger partial charge in [-0.25, -0.2) is 4.98 Å². The Hall–Kier alpha value is -0.910. The lowest BCUT2D eigenvalue weighted by Gasteiger charge is -2.01. The average Bonchev–Trinajstić information content (AvgIpc) is 2.73. The second-order valence-electron chi connectivity index (χ2n) is 3.47. The van der Waals surface area contributed by atoms with E-state index >= 15 is 0 Å². The molecule has 0 aliphatic heterocycles. The molecule has 0 bridgehead atoms. The van der Waals surface area contributed by atoms with Crippen molar-refractivity contribution >= 4 is 0 Å². The number of hydrogen-bond acceptors (Lipinski definition) is 4. The standard InChI is InChI=1S/C11H21N3O2/c1-3-16-6-4-11-13-9-10(14-11)8-12-5-7-15-2/h9,12H,3-8H2,1-2H3,(H,13,14). The van der Waals surface area contributed by atoms with Crippen LogP contribution in [0, 0.1) is 0 Å². The lowest BCUT2D eigenvalue weighted by molar-refractivity contribution is 0.149. The van der Waals surface area contributed by atoms with Crippen LogP contribution in [0.2, 0.25) is 0 Å². The Morgan fingerprint density at radius 2 is 2.31 bits per heavy atom. The Balaban J connectivity index is 2.17. The van der Waals surface area contributed by atoms with Gasteiger partial charge in [0.25, 0.3) is 0 Å². The van der Waals surface area contributed by atoms with Crippen molar-refractivity contribution in [2.24, 2.45) is 0 Å². The number of imidazole rings is 1. The second-order valence-corrected chi connectivity index (χ2v) is 3.47. The van der Waals surface area contributed by atoms with Gasteiger partial charge < -0.3 is 19.8 Å². The summed E-state index contributed by atoms with van der Waals surface area (Å²) < 4.78 is 10.2. The first-order valence-corrected chi connectivity index (χ1v) is 5.67. The molecule has 1 heterocycles. The molecule has 16 heavy (non-hydrogen) atoms. The molecule has 0 unspecified atom stereocenters. The molecule has 92 valence electrons.